The van der Waals surface area contributed by atoms with E-state index in [1.807, 2.05) is 39.2 Å². The Hall–Kier alpha value is -2.10. The zero-order chi connectivity index (χ0) is 15.6. The molecule has 0 saturated heterocycles. The molecular weight excluding hydrogens is 260 g/mol. The van der Waals surface area contributed by atoms with Crippen molar-refractivity contribution < 1.29 is 0 Å². The highest BCUT2D eigenvalue weighted by molar-refractivity contribution is 5.66. The molecule has 0 aliphatic carbocycles. The number of nitrogens with one attached hydrogen (secondary N) is 1. The van der Waals surface area contributed by atoms with Crippen molar-refractivity contribution in [2.75, 3.05) is 24.3 Å². The zero-order valence-electron chi connectivity index (χ0n) is 13.7. The molecule has 2 rings (SSSR count). The number of nitrogens with zero attached hydrogens (tertiary/aromatic N) is 3. The van der Waals surface area contributed by atoms with Gasteiger partial charge in [-0.3, -0.25) is 0 Å². The van der Waals surface area contributed by atoms with E-state index >= 15 is 0 Å². The van der Waals surface area contributed by atoms with Gasteiger partial charge in [-0.15, -0.1) is 0 Å². The first-order chi connectivity index (χ1) is 9.84. The maximum atomic E-state index is 4.80. The number of benzene rings is 1. The van der Waals surface area contributed by atoms with Crippen LogP contribution in [0.15, 0.2) is 30.3 Å². The summed E-state index contributed by atoms with van der Waals surface area (Å²) in [5, 5.41) is 3.18. The van der Waals surface area contributed by atoms with Gasteiger partial charge in [0.05, 0.1) is 0 Å². The normalized spacial score (nSPS) is 11.3. The van der Waals surface area contributed by atoms with Gasteiger partial charge in [0.1, 0.15) is 17.5 Å². The van der Waals surface area contributed by atoms with Crippen LogP contribution in [0, 0.1) is 6.92 Å². The van der Waals surface area contributed by atoms with Crippen LogP contribution in [0.2, 0.25) is 0 Å². The molecule has 1 aromatic heterocycles. The van der Waals surface area contributed by atoms with E-state index < -0.39 is 0 Å². The molecule has 0 atom stereocenters. The smallest absolute Gasteiger partial charge is 0.141 e. The molecule has 1 aromatic carbocycles. The maximum absolute atomic E-state index is 4.80. The molecule has 0 unspecified atom stereocenters. The van der Waals surface area contributed by atoms with E-state index in [-0.39, 0.29) is 5.41 Å². The number of para-hydroxylation sites is 1. The van der Waals surface area contributed by atoms with Crippen LogP contribution >= 0.6 is 0 Å². The molecule has 1 N–H and O–H groups in total. The first kappa shape index (κ1) is 15.3. The second kappa shape index (κ2) is 5.72. The van der Waals surface area contributed by atoms with E-state index in [0.29, 0.717) is 0 Å². The van der Waals surface area contributed by atoms with Crippen molar-refractivity contribution in [3.05, 3.63) is 41.7 Å². The molecule has 21 heavy (non-hydrogen) atoms. The van der Waals surface area contributed by atoms with E-state index in [1.54, 1.807) is 0 Å². The molecule has 0 radical (unpaired) electrons. The summed E-state index contributed by atoms with van der Waals surface area (Å²) in [6.07, 6.45) is 0. The predicted molar refractivity (Wildman–Crippen MR) is 89.5 cm³/mol. The average Bonchev–Trinajstić information content (AvgIpc) is 2.46. The fourth-order valence-electron chi connectivity index (χ4n) is 2.18. The highest BCUT2D eigenvalue weighted by Gasteiger charge is 2.22. The van der Waals surface area contributed by atoms with Crippen molar-refractivity contribution in [3.8, 4) is 0 Å². The topological polar surface area (TPSA) is 41.1 Å². The van der Waals surface area contributed by atoms with E-state index in [9.17, 15) is 0 Å². The highest BCUT2D eigenvalue weighted by atomic mass is 15.2. The molecule has 0 spiro atoms. The molecule has 0 aliphatic rings. The molecule has 4 nitrogen and oxygen atoms in total. The van der Waals surface area contributed by atoms with E-state index in [0.717, 1.165) is 28.7 Å². The Morgan fingerprint density at radius 2 is 1.67 bits per heavy atom. The van der Waals surface area contributed by atoms with Crippen molar-refractivity contribution >= 4 is 17.3 Å². The molecule has 1 heterocycles. The van der Waals surface area contributed by atoms with Crippen LogP contribution in [0.25, 0.3) is 0 Å². The minimum atomic E-state index is -0.0917. The van der Waals surface area contributed by atoms with Crippen molar-refractivity contribution in [2.45, 2.75) is 33.1 Å². The second-order valence-corrected chi connectivity index (χ2v) is 6.24. The van der Waals surface area contributed by atoms with Gasteiger partial charge in [-0.1, -0.05) is 39.0 Å². The van der Waals surface area contributed by atoms with Crippen molar-refractivity contribution in [3.63, 3.8) is 0 Å². The molecule has 0 saturated carbocycles. The second-order valence-electron chi connectivity index (χ2n) is 6.24. The summed E-state index contributed by atoms with van der Waals surface area (Å²) in [6.45, 7) is 8.43. The molecular formula is C17H24N4. The van der Waals surface area contributed by atoms with Crippen LogP contribution in [-0.4, -0.2) is 24.1 Å². The van der Waals surface area contributed by atoms with Gasteiger partial charge < -0.3 is 10.2 Å². The Kier molecular flexibility index (Phi) is 4.16. The van der Waals surface area contributed by atoms with Gasteiger partial charge in [0, 0.05) is 30.8 Å². The Morgan fingerprint density at radius 1 is 1.05 bits per heavy atom. The minimum absolute atomic E-state index is 0.0917. The van der Waals surface area contributed by atoms with E-state index in [2.05, 4.69) is 48.1 Å². The van der Waals surface area contributed by atoms with Gasteiger partial charge >= 0.3 is 0 Å². The van der Waals surface area contributed by atoms with Gasteiger partial charge in [-0.25, -0.2) is 9.97 Å². The molecule has 2 aromatic rings. The Labute approximate surface area is 127 Å². The zero-order valence-corrected chi connectivity index (χ0v) is 13.7. The van der Waals surface area contributed by atoms with E-state index in [4.69, 9.17) is 4.98 Å². The lowest BCUT2D eigenvalue weighted by molar-refractivity contribution is 0.545. The Balaban J connectivity index is 2.57. The monoisotopic (exact) mass is 284 g/mol. The van der Waals surface area contributed by atoms with Crippen molar-refractivity contribution in [1.29, 1.82) is 0 Å². The third kappa shape index (κ3) is 3.15. The first-order valence-corrected chi connectivity index (χ1v) is 7.20. The number of hydrogen-bond acceptors (Lipinski definition) is 4. The lowest BCUT2D eigenvalue weighted by Gasteiger charge is -2.25. The fraction of sp³-hybridized carbons (Fsp3) is 0.412. The van der Waals surface area contributed by atoms with Gasteiger partial charge in [0.15, 0.2) is 0 Å². The van der Waals surface area contributed by atoms with Crippen LogP contribution < -0.4 is 10.2 Å². The Bertz CT molecular complexity index is 615. The quantitative estimate of drug-likeness (QED) is 0.928. The highest BCUT2D eigenvalue weighted by Crippen LogP contribution is 2.31. The summed E-state index contributed by atoms with van der Waals surface area (Å²) in [5.41, 5.74) is 2.07. The van der Waals surface area contributed by atoms with Gasteiger partial charge in [-0.2, -0.15) is 0 Å². The lowest BCUT2D eigenvalue weighted by atomic mass is 9.95. The maximum Gasteiger partial charge on any atom is 0.141 e. The van der Waals surface area contributed by atoms with Crippen LogP contribution in [0.1, 0.15) is 32.2 Å². The number of aromatic nitrogens is 2. The third-order valence-corrected chi connectivity index (χ3v) is 3.49. The van der Waals surface area contributed by atoms with Crippen LogP contribution in [0.5, 0.6) is 0 Å². The number of anilines is 3. The molecule has 0 amide bonds. The average molecular weight is 284 g/mol. The summed E-state index contributed by atoms with van der Waals surface area (Å²) in [7, 11) is 3.94. The van der Waals surface area contributed by atoms with Gasteiger partial charge in [0.2, 0.25) is 0 Å². The van der Waals surface area contributed by atoms with Gasteiger partial charge in [-0.05, 0) is 19.1 Å². The minimum Gasteiger partial charge on any atom is -0.373 e. The Morgan fingerprint density at radius 3 is 2.19 bits per heavy atom. The summed E-state index contributed by atoms with van der Waals surface area (Å²) in [5.74, 6) is 2.66. The largest absolute Gasteiger partial charge is 0.373 e. The SMILES string of the molecule is CNc1nc(C(C)(C)C)nc(N(C)c2ccccc2)c1C. The summed E-state index contributed by atoms with van der Waals surface area (Å²) in [6, 6.07) is 10.2. The summed E-state index contributed by atoms with van der Waals surface area (Å²) < 4.78 is 0. The predicted octanol–water partition coefficient (Wildman–Crippen LogP) is 3.89. The fourth-order valence-corrected chi connectivity index (χ4v) is 2.18. The third-order valence-electron chi connectivity index (χ3n) is 3.49. The lowest BCUT2D eigenvalue weighted by Crippen LogP contribution is -2.21. The summed E-state index contributed by atoms with van der Waals surface area (Å²) in [4.78, 5) is 11.6. The van der Waals surface area contributed by atoms with Crippen LogP contribution in [-0.2, 0) is 5.41 Å². The molecule has 112 valence electrons. The standard InChI is InChI=1S/C17H24N4/c1-12-14(18-5)19-16(17(2,3)4)20-15(12)21(6)13-10-8-7-9-11-13/h7-11H,1-6H3,(H,18,19,20). The van der Waals surface area contributed by atoms with E-state index in [1.165, 1.54) is 0 Å². The van der Waals surface area contributed by atoms with Crippen molar-refractivity contribution in [2.24, 2.45) is 0 Å². The van der Waals surface area contributed by atoms with Crippen molar-refractivity contribution in [1.82, 2.24) is 9.97 Å². The van der Waals surface area contributed by atoms with Gasteiger partial charge in [0.25, 0.3) is 0 Å². The molecule has 0 bridgehead atoms. The first-order valence-electron chi connectivity index (χ1n) is 7.20. The van der Waals surface area contributed by atoms with Crippen LogP contribution in [0.3, 0.4) is 0 Å². The van der Waals surface area contributed by atoms with Crippen LogP contribution in [0.4, 0.5) is 17.3 Å². The summed E-state index contributed by atoms with van der Waals surface area (Å²) >= 11 is 0. The number of hydrogen-bond donors (Lipinski definition) is 1. The molecule has 0 aliphatic heterocycles. The molecule has 4 heteroatoms. The molecule has 0 fully saturated rings. The number of rotatable bonds is 3.